The lowest BCUT2D eigenvalue weighted by Gasteiger charge is -2.24. The summed E-state index contributed by atoms with van der Waals surface area (Å²) >= 11 is 0. The van der Waals surface area contributed by atoms with Gasteiger partial charge in [0.1, 0.15) is 0 Å². The van der Waals surface area contributed by atoms with Crippen molar-refractivity contribution in [2.45, 2.75) is 98.3 Å². The molecule has 0 radical (unpaired) electrons. The number of unbranched alkanes of at least 4 members (excludes halogenated alkanes) is 4. The molecule has 0 aliphatic heterocycles. The number of rotatable bonds is 16. The van der Waals surface area contributed by atoms with Gasteiger partial charge in [0, 0.05) is 5.92 Å². The Balaban J connectivity index is 1.35. The zero-order chi connectivity index (χ0) is 32.3. The molecule has 1 aliphatic carbocycles. The maximum absolute atomic E-state index is 4.84. The largest absolute Gasteiger partial charge is 0.0946 e. The van der Waals surface area contributed by atoms with E-state index in [4.69, 9.17) is 6.58 Å². The van der Waals surface area contributed by atoms with E-state index < -0.39 is 0 Å². The van der Waals surface area contributed by atoms with Crippen LogP contribution in [0.15, 0.2) is 115 Å². The molecule has 5 rings (SSSR count). The van der Waals surface area contributed by atoms with Gasteiger partial charge in [-0.15, -0.1) is 0 Å². The molecule has 0 saturated heterocycles. The Morgan fingerprint density at radius 3 is 2.22 bits per heavy atom. The molecule has 0 N–H and O–H groups in total. The van der Waals surface area contributed by atoms with Gasteiger partial charge in [0.05, 0.1) is 0 Å². The Bertz CT molecular complexity index is 1640. The predicted molar refractivity (Wildman–Crippen MR) is 201 cm³/mol. The van der Waals surface area contributed by atoms with Crippen LogP contribution < -0.4 is 0 Å². The van der Waals surface area contributed by atoms with Crippen molar-refractivity contribution in [2.75, 3.05) is 0 Å². The number of benzene rings is 4. The molecule has 4 aromatic carbocycles. The third kappa shape index (κ3) is 9.32. The van der Waals surface area contributed by atoms with Crippen molar-refractivity contribution < 1.29 is 0 Å². The summed E-state index contributed by atoms with van der Waals surface area (Å²) in [6.45, 7) is 13.7. The Morgan fingerprint density at radius 2 is 1.46 bits per heavy atom. The summed E-state index contributed by atoms with van der Waals surface area (Å²) in [5.74, 6) is 0.273. The molecule has 0 aromatic heterocycles. The highest BCUT2D eigenvalue weighted by Gasteiger charge is 2.25. The number of hydrogen-bond acceptors (Lipinski definition) is 0. The van der Waals surface area contributed by atoms with Gasteiger partial charge >= 0.3 is 0 Å². The van der Waals surface area contributed by atoms with E-state index in [1.165, 1.54) is 105 Å². The second kappa shape index (κ2) is 16.6. The summed E-state index contributed by atoms with van der Waals surface area (Å²) in [5, 5.41) is 0. The van der Waals surface area contributed by atoms with Gasteiger partial charge in [-0.1, -0.05) is 146 Å². The molecule has 1 atom stereocenters. The standard InChI is InChI=1S/C46H54/c1-6-7-9-16-41-17-12-13-18-45(41)36(5)46(31-39-25-23-37(24-26-39)15-11-8-10-14-34(2)3)44-32-42-28-27-40(30-43(42)33-44)29-38-21-19-35(4)20-22-38/h12-14,17-28,30,32,46H,5-11,15-16,29,31,33H2,1-4H3. The molecule has 0 amide bonds. The van der Waals surface area contributed by atoms with Crippen molar-refractivity contribution in [2.24, 2.45) is 5.92 Å². The fraction of sp³-hybridized carbons (Fsp3) is 0.348. The quantitative estimate of drug-likeness (QED) is 0.0879. The van der Waals surface area contributed by atoms with Crippen molar-refractivity contribution in [3.63, 3.8) is 0 Å². The maximum atomic E-state index is 4.84. The van der Waals surface area contributed by atoms with Crippen molar-refractivity contribution in [1.29, 1.82) is 0 Å². The number of fused-ring (bicyclic) bond motifs is 1. The van der Waals surface area contributed by atoms with E-state index in [0.717, 1.165) is 32.1 Å². The first-order chi connectivity index (χ1) is 22.4. The molecule has 4 aromatic rings. The van der Waals surface area contributed by atoms with Crippen LogP contribution in [-0.2, 0) is 32.1 Å². The molecule has 46 heavy (non-hydrogen) atoms. The van der Waals surface area contributed by atoms with Gasteiger partial charge in [-0.3, -0.25) is 0 Å². The van der Waals surface area contributed by atoms with Crippen LogP contribution in [0, 0.1) is 12.8 Å². The Morgan fingerprint density at radius 1 is 0.761 bits per heavy atom. The fourth-order valence-corrected chi connectivity index (χ4v) is 6.92. The van der Waals surface area contributed by atoms with Crippen LogP contribution in [0.4, 0.5) is 0 Å². The van der Waals surface area contributed by atoms with Gasteiger partial charge in [0.15, 0.2) is 0 Å². The smallest absolute Gasteiger partial charge is 0.00953 e. The van der Waals surface area contributed by atoms with Crippen LogP contribution in [-0.4, -0.2) is 0 Å². The van der Waals surface area contributed by atoms with Gasteiger partial charge in [-0.05, 0) is 129 Å². The van der Waals surface area contributed by atoms with Crippen molar-refractivity contribution in [3.05, 3.63) is 165 Å². The van der Waals surface area contributed by atoms with Crippen LogP contribution in [0.5, 0.6) is 0 Å². The molecule has 0 nitrogen and oxygen atoms in total. The minimum absolute atomic E-state index is 0.273. The number of allylic oxidation sites excluding steroid dienone is 4. The fourth-order valence-electron chi connectivity index (χ4n) is 6.92. The molecule has 238 valence electrons. The van der Waals surface area contributed by atoms with Crippen LogP contribution >= 0.6 is 0 Å². The van der Waals surface area contributed by atoms with Crippen LogP contribution in [0.25, 0.3) is 11.6 Å². The molecule has 0 spiro atoms. The summed E-state index contributed by atoms with van der Waals surface area (Å²) in [7, 11) is 0. The number of hydrogen-bond donors (Lipinski definition) is 0. The lowest BCUT2D eigenvalue weighted by molar-refractivity contribution is 0.713. The summed E-state index contributed by atoms with van der Waals surface area (Å²) in [5.41, 5.74) is 16.8. The molecular formula is C46H54. The van der Waals surface area contributed by atoms with Crippen LogP contribution in [0.3, 0.4) is 0 Å². The SMILES string of the molecule is C=C(c1ccccc1CCCCC)C(Cc1ccc(CCCCC=C(C)C)cc1)C1=Cc2ccc(Cc3ccc(C)cc3)cc2C1. The van der Waals surface area contributed by atoms with Crippen molar-refractivity contribution in [1.82, 2.24) is 0 Å². The molecule has 0 fully saturated rings. The second-order valence-electron chi connectivity index (χ2n) is 13.8. The molecule has 1 aliphatic rings. The van der Waals surface area contributed by atoms with Gasteiger partial charge in [0.2, 0.25) is 0 Å². The highest BCUT2D eigenvalue weighted by atomic mass is 14.3. The van der Waals surface area contributed by atoms with Gasteiger partial charge in [-0.2, -0.15) is 0 Å². The van der Waals surface area contributed by atoms with Crippen molar-refractivity contribution in [3.8, 4) is 0 Å². The maximum Gasteiger partial charge on any atom is 0.00953 e. The van der Waals surface area contributed by atoms with Gasteiger partial charge in [0.25, 0.3) is 0 Å². The Kier molecular flexibility index (Phi) is 12.1. The highest BCUT2D eigenvalue weighted by molar-refractivity contribution is 5.76. The van der Waals surface area contributed by atoms with E-state index in [9.17, 15) is 0 Å². The summed E-state index contributed by atoms with van der Waals surface area (Å²) in [6.07, 6.45) is 17.5. The number of aryl methyl sites for hydroxylation is 3. The van der Waals surface area contributed by atoms with E-state index in [-0.39, 0.29) is 5.92 Å². The van der Waals surface area contributed by atoms with E-state index in [1.54, 1.807) is 0 Å². The average molecular weight is 607 g/mol. The summed E-state index contributed by atoms with van der Waals surface area (Å²) in [4.78, 5) is 0. The average Bonchev–Trinajstić information content (AvgIpc) is 3.48. The van der Waals surface area contributed by atoms with E-state index in [2.05, 4.69) is 131 Å². The Labute approximate surface area is 280 Å². The summed E-state index contributed by atoms with van der Waals surface area (Å²) < 4.78 is 0. The first-order valence-corrected chi connectivity index (χ1v) is 17.8. The first kappa shape index (κ1) is 33.5. The minimum atomic E-state index is 0.273. The monoisotopic (exact) mass is 606 g/mol. The van der Waals surface area contributed by atoms with Crippen LogP contribution in [0.1, 0.15) is 109 Å². The minimum Gasteiger partial charge on any atom is -0.0946 e. The first-order valence-electron chi connectivity index (χ1n) is 17.8. The predicted octanol–water partition coefficient (Wildman–Crippen LogP) is 12.5. The van der Waals surface area contributed by atoms with Gasteiger partial charge in [-0.25, -0.2) is 0 Å². The molecule has 1 unspecified atom stereocenters. The highest BCUT2D eigenvalue weighted by Crippen LogP contribution is 2.39. The summed E-state index contributed by atoms with van der Waals surface area (Å²) in [6, 6.07) is 34.6. The second-order valence-corrected chi connectivity index (χ2v) is 13.8. The lowest BCUT2D eigenvalue weighted by Crippen LogP contribution is -2.12. The molecule has 0 bridgehead atoms. The van der Waals surface area contributed by atoms with Crippen LogP contribution in [0.2, 0.25) is 0 Å². The van der Waals surface area contributed by atoms with E-state index in [1.807, 2.05) is 0 Å². The molecule has 0 saturated carbocycles. The van der Waals surface area contributed by atoms with E-state index >= 15 is 0 Å². The third-order valence-corrected chi connectivity index (χ3v) is 9.69. The zero-order valence-electron chi connectivity index (χ0n) is 28.9. The van der Waals surface area contributed by atoms with Gasteiger partial charge < -0.3 is 0 Å². The molecule has 0 heterocycles. The Hall–Kier alpha value is -3.90. The van der Waals surface area contributed by atoms with Crippen molar-refractivity contribution >= 4 is 11.6 Å². The topological polar surface area (TPSA) is 0 Å². The zero-order valence-corrected chi connectivity index (χ0v) is 28.9. The lowest BCUT2D eigenvalue weighted by atomic mass is 9.80. The third-order valence-electron chi connectivity index (χ3n) is 9.69. The van der Waals surface area contributed by atoms with E-state index in [0.29, 0.717) is 0 Å². The normalized spacial score (nSPS) is 12.8. The molecule has 0 heteroatoms. The molecular weight excluding hydrogens is 553 g/mol.